The minimum absolute atomic E-state index is 0.0732. The van der Waals surface area contributed by atoms with Crippen LogP contribution in [0, 0.1) is 5.92 Å². The summed E-state index contributed by atoms with van der Waals surface area (Å²) in [5.74, 6) is 0.484. The van der Waals surface area contributed by atoms with E-state index in [1.165, 1.54) is 0 Å². The predicted octanol–water partition coefficient (Wildman–Crippen LogP) is 2.71. The van der Waals surface area contributed by atoms with E-state index in [1.54, 1.807) is 19.1 Å². The molecule has 3 aliphatic heterocycles. The zero-order valence-corrected chi connectivity index (χ0v) is 18.8. The Balaban J connectivity index is 1.36. The Labute approximate surface area is 188 Å². The first-order chi connectivity index (χ1) is 15.4. The van der Waals surface area contributed by atoms with Gasteiger partial charge in [0.05, 0.1) is 7.11 Å². The first-order valence-electron chi connectivity index (χ1n) is 11.1. The Hall–Kier alpha value is -3.22. The molecule has 3 heterocycles. The van der Waals surface area contributed by atoms with E-state index in [-0.39, 0.29) is 17.7 Å². The number of benzene rings is 2. The zero-order valence-electron chi connectivity index (χ0n) is 18.8. The molecule has 0 N–H and O–H groups in total. The third-order valence-electron chi connectivity index (χ3n) is 7.23. The minimum Gasteiger partial charge on any atom is -0.497 e. The average Bonchev–Trinajstić information content (AvgIpc) is 2.83. The van der Waals surface area contributed by atoms with Gasteiger partial charge in [-0.25, -0.2) is 0 Å². The van der Waals surface area contributed by atoms with Crippen molar-refractivity contribution in [2.75, 3.05) is 45.2 Å². The number of nitrogens with zero attached hydrogens (tertiary/aromatic N) is 3. The summed E-state index contributed by atoms with van der Waals surface area (Å²) in [4.78, 5) is 32.8. The van der Waals surface area contributed by atoms with Crippen molar-refractivity contribution >= 4 is 17.5 Å². The molecule has 3 atom stereocenters. The van der Waals surface area contributed by atoms with Crippen LogP contribution in [-0.2, 0) is 9.59 Å². The van der Waals surface area contributed by atoms with Crippen LogP contribution in [0.1, 0.15) is 24.8 Å². The third-order valence-corrected chi connectivity index (χ3v) is 7.23. The van der Waals surface area contributed by atoms with E-state index in [2.05, 4.69) is 11.0 Å². The highest BCUT2D eigenvalue weighted by molar-refractivity contribution is 6.02. The summed E-state index contributed by atoms with van der Waals surface area (Å²) >= 11 is 0. The van der Waals surface area contributed by atoms with Gasteiger partial charge in [0, 0.05) is 57.3 Å². The molecular formula is C25H29N3O4. The lowest BCUT2D eigenvalue weighted by Gasteiger charge is -2.52. The van der Waals surface area contributed by atoms with Crippen molar-refractivity contribution in [3.8, 4) is 11.5 Å². The summed E-state index contributed by atoms with van der Waals surface area (Å²) in [7, 11) is 3.40. The van der Waals surface area contributed by atoms with Crippen LogP contribution in [0.5, 0.6) is 11.5 Å². The van der Waals surface area contributed by atoms with E-state index < -0.39 is 11.6 Å². The van der Waals surface area contributed by atoms with Gasteiger partial charge in [-0.2, -0.15) is 0 Å². The van der Waals surface area contributed by atoms with E-state index in [0.29, 0.717) is 19.5 Å². The van der Waals surface area contributed by atoms with Gasteiger partial charge in [0.2, 0.25) is 11.8 Å². The van der Waals surface area contributed by atoms with Gasteiger partial charge >= 0.3 is 0 Å². The van der Waals surface area contributed by atoms with Gasteiger partial charge in [-0.05, 0) is 30.7 Å². The average molecular weight is 436 g/mol. The number of rotatable bonds is 3. The summed E-state index contributed by atoms with van der Waals surface area (Å²) in [6.07, 6.45) is 0.617. The lowest BCUT2D eigenvalue weighted by molar-refractivity contribution is -0.174. The van der Waals surface area contributed by atoms with E-state index in [9.17, 15) is 9.59 Å². The van der Waals surface area contributed by atoms with Crippen LogP contribution in [0.2, 0.25) is 0 Å². The van der Waals surface area contributed by atoms with Gasteiger partial charge in [0.1, 0.15) is 17.4 Å². The van der Waals surface area contributed by atoms with Crippen molar-refractivity contribution < 1.29 is 19.1 Å². The number of para-hydroxylation sites is 1. The third kappa shape index (κ3) is 3.27. The maximum absolute atomic E-state index is 13.7. The SMILES string of the molecule is COc1cccc(N2CCN(C(=O)[C@H]3C(=O)N(C)[C@@]4(C)C[C@H]3c3ccccc3O4)CC2)c1. The molecule has 0 aromatic heterocycles. The number of anilines is 1. The van der Waals surface area contributed by atoms with Crippen molar-refractivity contribution in [1.82, 2.24) is 9.80 Å². The van der Waals surface area contributed by atoms with Crippen LogP contribution in [-0.4, -0.2) is 67.7 Å². The van der Waals surface area contributed by atoms with Crippen molar-refractivity contribution in [2.24, 2.45) is 5.92 Å². The second-order valence-electron chi connectivity index (χ2n) is 9.01. The molecule has 168 valence electrons. The number of likely N-dealkylation sites (tertiary alicyclic amines) is 1. The van der Waals surface area contributed by atoms with E-state index in [0.717, 1.165) is 35.8 Å². The second kappa shape index (κ2) is 7.73. The fourth-order valence-corrected chi connectivity index (χ4v) is 5.26. The van der Waals surface area contributed by atoms with Crippen LogP contribution in [0.4, 0.5) is 5.69 Å². The quantitative estimate of drug-likeness (QED) is 0.694. The first-order valence-corrected chi connectivity index (χ1v) is 11.1. The molecule has 0 spiro atoms. The molecule has 0 aliphatic carbocycles. The first kappa shape index (κ1) is 20.7. The highest BCUT2D eigenvalue weighted by Gasteiger charge is 2.55. The molecule has 0 saturated carbocycles. The number of methoxy groups -OCH3 is 1. The molecule has 32 heavy (non-hydrogen) atoms. The largest absolute Gasteiger partial charge is 0.497 e. The Morgan fingerprint density at radius 1 is 1.09 bits per heavy atom. The number of carbonyl (C=O) groups excluding carboxylic acids is 2. The standard InChI is InChI=1S/C25H29N3O4/c1-25-16-20(19-9-4-5-10-21(19)32-25)22(23(29)26(25)2)24(30)28-13-11-27(12-14-28)17-7-6-8-18(15-17)31-3/h4-10,15,20,22H,11-14,16H2,1-3H3/t20-,22+,25+/m0/s1. The number of piperidine rings is 1. The molecule has 0 radical (unpaired) electrons. The lowest BCUT2D eigenvalue weighted by Crippen LogP contribution is -2.64. The van der Waals surface area contributed by atoms with Crippen LogP contribution >= 0.6 is 0 Å². The van der Waals surface area contributed by atoms with Gasteiger partial charge < -0.3 is 24.2 Å². The van der Waals surface area contributed by atoms with Crippen LogP contribution < -0.4 is 14.4 Å². The van der Waals surface area contributed by atoms with Crippen LogP contribution in [0.25, 0.3) is 0 Å². The van der Waals surface area contributed by atoms with Crippen molar-refractivity contribution in [2.45, 2.75) is 25.0 Å². The van der Waals surface area contributed by atoms with Crippen molar-refractivity contribution in [1.29, 1.82) is 0 Å². The fourth-order valence-electron chi connectivity index (χ4n) is 5.26. The second-order valence-corrected chi connectivity index (χ2v) is 9.01. The number of hydrogen-bond acceptors (Lipinski definition) is 5. The number of hydrogen-bond donors (Lipinski definition) is 0. The van der Waals surface area contributed by atoms with E-state index in [4.69, 9.17) is 9.47 Å². The van der Waals surface area contributed by atoms with Gasteiger partial charge in [-0.3, -0.25) is 9.59 Å². The molecule has 2 aromatic carbocycles. The smallest absolute Gasteiger partial charge is 0.238 e. The summed E-state index contributed by atoms with van der Waals surface area (Å²) in [6, 6.07) is 15.8. The van der Waals surface area contributed by atoms with Gasteiger partial charge in [0.15, 0.2) is 5.72 Å². The van der Waals surface area contributed by atoms with Crippen LogP contribution in [0.15, 0.2) is 48.5 Å². The number of amides is 2. The summed E-state index contributed by atoms with van der Waals surface area (Å²) in [5, 5.41) is 0. The Kier molecular flexibility index (Phi) is 4.99. The highest BCUT2D eigenvalue weighted by atomic mass is 16.5. The monoisotopic (exact) mass is 435 g/mol. The highest BCUT2D eigenvalue weighted by Crippen LogP contribution is 2.50. The van der Waals surface area contributed by atoms with Gasteiger partial charge in [-0.15, -0.1) is 0 Å². The van der Waals surface area contributed by atoms with Gasteiger partial charge in [-0.1, -0.05) is 24.3 Å². The fraction of sp³-hybridized carbons (Fsp3) is 0.440. The topological polar surface area (TPSA) is 62.3 Å². The molecule has 0 unspecified atom stereocenters. The number of piperazine rings is 1. The van der Waals surface area contributed by atoms with Crippen molar-refractivity contribution in [3.63, 3.8) is 0 Å². The number of carbonyl (C=O) groups is 2. The maximum Gasteiger partial charge on any atom is 0.238 e. The summed E-state index contributed by atoms with van der Waals surface area (Å²) < 4.78 is 11.5. The number of ether oxygens (including phenoxy) is 2. The Morgan fingerprint density at radius 2 is 1.84 bits per heavy atom. The molecule has 2 bridgehead atoms. The molecular weight excluding hydrogens is 406 g/mol. The molecule has 2 aromatic rings. The zero-order chi connectivity index (χ0) is 22.5. The molecule has 2 amide bonds. The molecule has 7 nitrogen and oxygen atoms in total. The lowest BCUT2D eigenvalue weighted by atomic mass is 9.73. The summed E-state index contributed by atoms with van der Waals surface area (Å²) in [5.41, 5.74) is 1.32. The molecule has 7 heteroatoms. The predicted molar refractivity (Wildman–Crippen MR) is 121 cm³/mol. The molecule has 5 rings (SSSR count). The van der Waals surface area contributed by atoms with Gasteiger partial charge in [0.25, 0.3) is 0 Å². The molecule has 3 aliphatic rings. The Morgan fingerprint density at radius 3 is 2.59 bits per heavy atom. The maximum atomic E-state index is 13.7. The summed E-state index contributed by atoms with van der Waals surface area (Å²) in [6.45, 7) is 4.55. The van der Waals surface area contributed by atoms with E-state index >= 15 is 0 Å². The van der Waals surface area contributed by atoms with Crippen LogP contribution in [0.3, 0.4) is 0 Å². The normalized spacial score (nSPS) is 27.0. The van der Waals surface area contributed by atoms with Crippen molar-refractivity contribution in [3.05, 3.63) is 54.1 Å². The number of fused-ring (bicyclic) bond motifs is 4. The minimum atomic E-state index is -0.724. The molecule has 2 saturated heterocycles. The van der Waals surface area contributed by atoms with E-state index in [1.807, 2.05) is 54.3 Å². The molecule has 2 fully saturated rings. The Bertz CT molecular complexity index is 1050.